The smallest absolute Gasteiger partial charge is 0.224 e. The van der Waals surface area contributed by atoms with Crippen molar-refractivity contribution < 1.29 is 4.79 Å². The Balaban J connectivity index is 1.48. The fourth-order valence-electron chi connectivity index (χ4n) is 4.31. The number of rotatable bonds is 10. The van der Waals surface area contributed by atoms with Crippen LogP contribution in [-0.2, 0) is 4.79 Å². The molecule has 0 aliphatic heterocycles. The average molecular weight is 294 g/mol. The van der Waals surface area contributed by atoms with Gasteiger partial charge in [0.05, 0.1) is 5.92 Å². The zero-order valence-corrected chi connectivity index (χ0v) is 13.8. The molecule has 2 aliphatic rings. The van der Waals surface area contributed by atoms with Crippen LogP contribution in [0.15, 0.2) is 0 Å². The Morgan fingerprint density at radius 2 is 1.62 bits per heavy atom. The average Bonchev–Trinajstić information content (AvgIpc) is 3.06. The first-order valence-electron chi connectivity index (χ1n) is 9.27. The number of carbonyl (C=O) groups excluding carboxylic acids is 1. The van der Waals surface area contributed by atoms with Crippen molar-refractivity contribution in [3.8, 4) is 0 Å². The van der Waals surface area contributed by atoms with Crippen molar-refractivity contribution in [3.63, 3.8) is 0 Å². The van der Waals surface area contributed by atoms with Gasteiger partial charge in [-0.1, -0.05) is 51.9 Å². The molecule has 2 saturated carbocycles. The first-order valence-corrected chi connectivity index (χ1v) is 9.27. The molecule has 3 N–H and O–H groups in total. The highest BCUT2D eigenvalue weighted by molar-refractivity contribution is 5.80. The van der Waals surface area contributed by atoms with Crippen LogP contribution in [0.2, 0.25) is 0 Å². The molecule has 2 aliphatic carbocycles. The molecular weight excluding hydrogens is 260 g/mol. The van der Waals surface area contributed by atoms with E-state index < -0.39 is 0 Å². The molecule has 0 aromatic rings. The van der Waals surface area contributed by atoms with Gasteiger partial charge in [0.2, 0.25) is 5.91 Å². The van der Waals surface area contributed by atoms with Crippen molar-refractivity contribution in [2.45, 2.75) is 83.6 Å². The van der Waals surface area contributed by atoms with Crippen LogP contribution in [0.3, 0.4) is 0 Å². The van der Waals surface area contributed by atoms with E-state index in [9.17, 15) is 4.79 Å². The number of carbonyl (C=O) groups is 1. The van der Waals surface area contributed by atoms with Gasteiger partial charge in [-0.05, 0) is 37.5 Å². The highest BCUT2D eigenvalue weighted by Gasteiger charge is 2.48. The first-order chi connectivity index (χ1) is 10.2. The van der Waals surface area contributed by atoms with Gasteiger partial charge in [-0.25, -0.2) is 0 Å². The van der Waals surface area contributed by atoms with E-state index in [1.807, 2.05) is 0 Å². The number of unbranched alkanes of at least 4 members (excludes halogenated alkanes) is 7. The van der Waals surface area contributed by atoms with Crippen molar-refractivity contribution in [2.24, 2.45) is 23.5 Å². The van der Waals surface area contributed by atoms with Gasteiger partial charge < -0.3 is 11.1 Å². The molecule has 0 saturated heterocycles. The molecule has 3 nitrogen and oxygen atoms in total. The second-order valence-corrected chi connectivity index (χ2v) is 7.20. The summed E-state index contributed by atoms with van der Waals surface area (Å²) in [5, 5.41) is 3.13. The van der Waals surface area contributed by atoms with E-state index >= 15 is 0 Å². The second-order valence-electron chi connectivity index (χ2n) is 7.20. The minimum atomic E-state index is 0.109. The molecule has 0 radical (unpaired) electrons. The standard InChI is InChI=1S/C18H34N2O/c1-2-3-4-5-6-7-8-9-12-20-18(21)16-14-10-11-15(13-14)17(16)19/h14-17H,2-13,19H2,1H3,(H,20,21). The molecule has 3 heteroatoms. The maximum Gasteiger partial charge on any atom is 0.224 e. The molecule has 2 fully saturated rings. The Labute approximate surface area is 130 Å². The van der Waals surface area contributed by atoms with Gasteiger partial charge >= 0.3 is 0 Å². The SMILES string of the molecule is CCCCCCCCCCNC(=O)C1C2CCC(C2)C1N. The summed E-state index contributed by atoms with van der Waals surface area (Å²) in [6, 6.07) is 0.127. The van der Waals surface area contributed by atoms with Crippen LogP contribution in [-0.4, -0.2) is 18.5 Å². The van der Waals surface area contributed by atoms with Crippen LogP contribution in [0.25, 0.3) is 0 Å². The molecule has 4 atom stereocenters. The lowest BCUT2D eigenvalue weighted by Gasteiger charge is -2.27. The number of nitrogens with two attached hydrogens (primary N) is 1. The molecule has 1 amide bonds. The first kappa shape index (κ1) is 16.8. The lowest BCUT2D eigenvalue weighted by Crippen LogP contribution is -2.45. The van der Waals surface area contributed by atoms with E-state index in [0.717, 1.165) is 13.0 Å². The van der Waals surface area contributed by atoms with Crippen LogP contribution in [0, 0.1) is 17.8 Å². The lowest BCUT2D eigenvalue weighted by molar-refractivity contribution is -0.127. The van der Waals surface area contributed by atoms with E-state index in [1.54, 1.807) is 0 Å². The Hall–Kier alpha value is -0.570. The van der Waals surface area contributed by atoms with Crippen LogP contribution < -0.4 is 11.1 Å². The fourth-order valence-corrected chi connectivity index (χ4v) is 4.31. The van der Waals surface area contributed by atoms with Crippen molar-refractivity contribution >= 4 is 5.91 Å². The Morgan fingerprint density at radius 1 is 1.00 bits per heavy atom. The summed E-state index contributed by atoms with van der Waals surface area (Å²) in [5.74, 6) is 1.54. The van der Waals surface area contributed by atoms with Crippen molar-refractivity contribution in [2.75, 3.05) is 6.54 Å². The van der Waals surface area contributed by atoms with Crippen molar-refractivity contribution in [3.05, 3.63) is 0 Å². The Bertz CT molecular complexity index is 316. The van der Waals surface area contributed by atoms with Crippen LogP contribution in [0.5, 0.6) is 0 Å². The molecule has 0 aromatic carbocycles. The molecule has 0 aromatic heterocycles. The van der Waals surface area contributed by atoms with Gasteiger partial charge in [0, 0.05) is 12.6 Å². The highest BCUT2D eigenvalue weighted by Crippen LogP contribution is 2.47. The predicted octanol–water partition coefficient (Wildman–Crippen LogP) is 3.62. The summed E-state index contributed by atoms with van der Waals surface area (Å²) in [4.78, 5) is 12.3. The van der Waals surface area contributed by atoms with Crippen LogP contribution in [0.4, 0.5) is 0 Å². The monoisotopic (exact) mass is 294 g/mol. The Morgan fingerprint density at radius 3 is 2.24 bits per heavy atom. The van der Waals surface area contributed by atoms with E-state index in [2.05, 4.69) is 12.2 Å². The number of amides is 1. The van der Waals surface area contributed by atoms with Crippen LogP contribution >= 0.6 is 0 Å². The summed E-state index contributed by atoms with van der Waals surface area (Å²) in [7, 11) is 0. The largest absolute Gasteiger partial charge is 0.356 e. The Kier molecular flexibility index (Phi) is 7.01. The van der Waals surface area contributed by atoms with Gasteiger partial charge in [-0.3, -0.25) is 4.79 Å². The minimum absolute atomic E-state index is 0.109. The van der Waals surface area contributed by atoms with Gasteiger partial charge in [0.25, 0.3) is 0 Å². The van der Waals surface area contributed by atoms with Crippen molar-refractivity contribution in [1.29, 1.82) is 0 Å². The topological polar surface area (TPSA) is 55.1 Å². The van der Waals surface area contributed by atoms with Crippen molar-refractivity contribution in [1.82, 2.24) is 5.32 Å². The predicted molar refractivity (Wildman–Crippen MR) is 87.9 cm³/mol. The fraction of sp³-hybridized carbons (Fsp3) is 0.944. The maximum atomic E-state index is 12.3. The number of nitrogens with one attached hydrogen (secondary N) is 1. The normalized spacial score (nSPS) is 30.8. The van der Waals surface area contributed by atoms with E-state index in [0.29, 0.717) is 11.8 Å². The molecule has 122 valence electrons. The summed E-state index contributed by atoms with van der Waals surface area (Å²) in [6.45, 7) is 3.10. The summed E-state index contributed by atoms with van der Waals surface area (Å²) in [6.07, 6.45) is 14.1. The highest BCUT2D eigenvalue weighted by atomic mass is 16.1. The number of hydrogen-bond donors (Lipinski definition) is 2. The molecular formula is C18H34N2O. The minimum Gasteiger partial charge on any atom is -0.356 e. The molecule has 2 rings (SSSR count). The van der Waals surface area contributed by atoms with Crippen LogP contribution in [0.1, 0.15) is 77.6 Å². The maximum absolute atomic E-state index is 12.3. The van der Waals surface area contributed by atoms with Gasteiger partial charge in [0.1, 0.15) is 0 Å². The third kappa shape index (κ3) is 4.70. The zero-order valence-electron chi connectivity index (χ0n) is 13.8. The summed E-state index contributed by atoms with van der Waals surface area (Å²) in [5.41, 5.74) is 6.21. The zero-order chi connectivity index (χ0) is 15.1. The van der Waals surface area contributed by atoms with Gasteiger partial charge in [-0.2, -0.15) is 0 Å². The van der Waals surface area contributed by atoms with E-state index in [4.69, 9.17) is 5.73 Å². The molecule has 21 heavy (non-hydrogen) atoms. The quantitative estimate of drug-likeness (QED) is 0.605. The van der Waals surface area contributed by atoms with E-state index in [-0.39, 0.29) is 17.9 Å². The molecule has 0 spiro atoms. The number of fused-ring (bicyclic) bond motifs is 2. The third-order valence-electron chi connectivity index (χ3n) is 5.61. The lowest BCUT2D eigenvalue weighted by atomic mass is 9.84. The number of hydrogen-bond acceptors (Lipinski definition) is 2. The molecule has 4 unspecified atom stereocenters. The second kappa shape index (κ2) is 8.77. The molecule has 2 bridgehead atoms. The van der Waals surface area contributed by atoms with Gasteiger partial charge in [-0.15, -0.1) is 0 Å². The molecule has 0 heterocycles. The summed E-state index contributed by atoms with van der Waals surface area (Å²) >= 11 is 0. The van der Waals surface area contributed by atoms with Gasteiger partial charge in [0.15, 0.2) is 0 Å². The van der Waals surface area contributed by atoms with E-state index in [1.165, 1.54) is 64.2 Å². The third-order valence-corrected chi connectivity index (χ3v) is 5.61. The summed E-state index contributed by atoms with van der Waals surface area (Å²) < 4.78 is 0.